The minimum absolute atomic E-state index is 0.0834. The lowest BCUT2D eigenvalue weighted by Crippen LogP contribution is -2.51. The van der Waals surface area contributed by atoms with E-state index in [0.29, 0.717) is 19.0 Å². The molecule has 1 aromatic rings. The van der Waals surface area contributed by atoms with Crippen LogP contribution in [-0.2, 0) is 14.8 Å². The molecule has 0 amide bonds. The summed E-state index contributed by atoms with van der Waals surface area (Å²) in [6.07, 6.45) is 1.59. The number of hydrogen-bond acceptors (Lipinski definition) is 5. The fraction of sp³-hybridized carbons (Fsp3) is 0.571. The van der Waals surface area contributed by atoms with Gasteiger partial charge in [-0.05, 0) is 44.0 Å². The first kappa shape index (κ1) is 16.2. The maximum absolute atomic E-state index is 12.4. The summed E-state index contributed by atoms with van der Waals surface area (Å²) in [4.78, 5) is 0.186. The zero-order chi connectivity index (χ0) is 15.3. The third kappa shape index (κ3) is 4.41. The molecule has 0 bridgehead atoms. The molecular formula is C14H21NO5S. The number of hydrogen-bond donors (Lipinski definition) is 2. The van der Waals surface area contributed by atoms with Gasteiger partial charge in [0.25, 0.3) is 0 Å². The predicted molar refractivity (Wildman–Crippen MR) is 77.8 cm³/mol. The van der Waals surface area contributed by atoms with Crippen molar-refractivity contribution in [2.24, 2.45) is 0 Å². The quantitative estimate of drug-likeness (QED) is 0.815. The second-order valence-corrected chi connectivity index (χ2v) is 7.05. The normalized spacial score (nSPS) is 23.0. The third-order valence-corrected chi connectivity index (χ3v) is 4.97. The van der Waals surface area contributed by atoms with Crippen LogP contribution >= 0.6 is 0 Å². The van der Waals surface area contributed by atoms with Crippen LogP contribution in [0.25, 0.3) is 0 Å². The van der Waals surface area contributed by atoms with Gasteiger partial charge in [0.2, 0.25) is 10.0 Å². The molecular weight excluding hydrogens is 294 g/mol. The minimum atomic E-state index is -3.59. The standard InChI is InChI=1S/C14H21NO5S/c1-14(7-2-9-19-11-14)15-21(17,18)13-5-3-12(4-6-13)20-10-8-16/h3-6,15-16H,2,7-11H2,1H3. The predicted octanol–water partition coefficient (Wildman–Crippen LogP) is 0.905. The molecule has 1 fully saturated rings. The number of benzene rings is 1. The van der Waals surface area contributed by atoms with Crippen LogP contribution in [0.5, 0.6) is 5.75 Å². The van der Waals surface area contributed by atoms with Gasteiger partial charge >= 0.3 is 0 Å². The zero-order valence-electron chi connectivity index (χ0n) is 12.0. The lowest BCUT2D eigenvalue weighted by molar-refractivity contribution is 0.0386. The summed E-state index contributed by atoms with van der Waals surface area (Å²) in [5.74, 6) is 0.523. The summed E-state index contributed by atoms with van der Waals surface area (Å²) in [5.41, 5.74) is -0.566. The van der Waals surface area contributed by atoms with Gasteiger partial charge in [-0.1, -0.05) is 0 Å². The van der Waals surface area contributed by atoms with Crippen LogP contribution in [-0.4, -0.2) is 45.5 Å². The van der Waals surface area contributed by atoms with Gasteiger partial charge < -0.3 is 14.6 Å². The van der Waals surface area contributed by atoms with Crippen LogP contribution < -0.4 is 9.46 Å². The number of aliphatic hydroxyl groups excluding tert-OH is 1. The molecule has 118 valence electrons. The molecule has 7 heteroatoms. The lowest BCUT2D eigenvalue weighted by Gasteiger charge is -2.33. The molecule has 6 nitrogen and oxygen atoms in total. The van der Waals surface area contributed by atoms with Crippen molar-refractivity contribution in [2.45, 2.75) is 30.2 Å². The van der Waals surface area contributed by atoms with E-state index in [1.165, 1.54) is 12.1 Å². The van der Waals surface area contributed by atoms with E-state index in [1.807, 2.05) is 6.92 Å². The Labute approximate surface area is 125 Å². The molecule has 21 heavy (non-hydrogen) atoms. The fourth-order valence-corrected chi connectivity index (χ4v) is 3.70. The van der Waals surface area contributed by atoms with Crippen molar-refractivity contribution in [3.8, 4) is 5.75 Å². The zero-order valence-corrected chi connectivity index (χ0v) is 12.9. The Kier molecular flexibility index (Phi) is 5.21. The summed E-state index contributed by atoms with van der Waals surface area (Å²) >= 11 is 0. The van der Waals surface area contributed by atoms with Crippen molar-refractivity contribution in [2.75, 3.05) is 26.4 Å². The molecule has 1 heterocycles. The van der Waals surface area contributed by atoms with Gasteiger partial charge in [-0.2, -0.15) is 0 Å². The van der Waals surface area contributed by atoms with Gasteiger partial charge in [0.1, 0.15) is 12.4 Å². The average Bonchev–Trinajstić information content (AvgIpc) is 2.45. The first-order valence-corrected chi connectivity index (χ1v) is 8.39. The molecule has 1 aliphatic heterocycles. The van der Waals surface area contributed by atoms with E-state index in [2.05, 4.69) is 4.72 Å². The summed E-state index contributed by atoms with van der Waals surface area (Å²) in [5, 5.41) is 8.68. The van der Waals surface area contributed by atoms with Crippen molar-refractivity contribution < 1.29 is 23.0 Å². The Morgan fingerprint density at radius 3 is 2.67 bits per heavy atom. The van der Waals surface area contributed by atoms with E-state index < -0.39 is 15.6 Å². The lowest BCUT2D eigenvalue weighted by atomic mass is 9.97. The average molecular weight is 315 g/mol. The highest BCUT2D eigenvalue weighted by Crippen LogP contribution is 2.22. The summed E-state index contributed by atoms with van der Waals surface area (Å²) in [7, 11) is -3.59. The first-order chi connectivity index (χ1) is 9.95. The van der Waals surface area contributed by atoms with Crippen LogP contribution in [0.2, 0.25) is 0 Å². The van der Waals surface area contributed by atoms with Crippen molar-refractivity contribution in [1.29, 1.82) is 0 Å². The van der Waals surface area contributed by atoms with Crippen LogP contribution in [0, 0.1) is 0 Å². The molecule has 1 atom stereocenters. The Morgan fingerprint density at radius 2 is 2.10 bits per heavy atom. The number of rotatable bonds is 6. The number of ether oxygens (including phenoxy) is 2. The largest absolute Gasteiger partial charge is 0.491 e. The van der Waals surface area contributed by atoms with Crippen molar-refractivity contribution in [3.05, 3.63) is 24.3 Å². The molecule has 0 aromatic heterocycles. The highest BCUT2D eigenvalue weighted by atomic mass is 32.2. The Hall–Kier alpha value is -1.15. The van der Waals surface area contributed by atoms with E-state index in [9.17, 15) is 8.42 Å². The molecule has 1 aliphatic rings. The SMILES string of the molecule is CC1(NS(=O)(=O)c2ccc(OCCO)cc2)CCCOC1. The second kappa shape index (κ2) is 6.74. The fourth-order valence-electron chi connectivity index (χ4n) is 2.28. The van der Waals surface area contributed by atoms with Gasteiger partial charge in [0, 0.05) is 6.61 Å². The van der Waals surface area contributed by atoms with E-state index in [-0.39, 0.29) is 18.1 Å². The summed E-state index contributed by atoms with van der Waals surface area (Å²) in [6, 6.07) is 6.12. The van der Waals surface area contributed by atoms with Crippen LogP contribution in [0.1, 0.15) is 19.8 Å². The molecule has 0 radical (unpaired) electrons. The monoisotopic (exact) mass is 315 g/mol. The Bertz CT molecular complexity index is 549. The highest BCUT2D eigenvalue weighted by Gasteiger charge is 2.32. The molecule has 0 spiro atoms. The van der Waals surface area contributed by atoms with E-state index in [4.69, 9.17) is 14.6 Å². The summed E-state index contributed by atoms with van der Waals surface area (Å²) in [6.45, 7) is 3.00. The molecule has 1 saturated heterocycles. The molecule has 2 N–H and O–H groups in total. The third-order valence-electron chi connectivity index (χ3n) is 3.31. The second-order valence-electron chi connectivity index (χ2n) is 5.37. The maximum Gasteiger partial charge on any atom is 0.241 e. The molecule has 0 saturated carbocycles. The van der Waals surface area contributed by atoms with Gasteiger partial charge in [-0.15, -0.1) is 0 Å². The molecule has 0 aliphatic carbocycles. The van der Waals surface area contributed by atoms with Gasteiger partial charge in [0.15, 0.2) is 0 Å². The highest BCUT2D eigenvalue weighted by molar-refractivity contribution is 7.89. The van der Waals surface area contributed by atoms with Gasteiger partial charge in [0.05, 0.1) is 23.6 Å². The van der Waals surface area contributed by atoms with Crippen molar-refractivity contribution in [3.63, 3.8) is 0 Å². The van der Waals surface area contributed by atoms with Crippen LogP contribution in [0.15, 0.2) is 29.2 Å². The maximum atomic E-state index is 12.4. The van der Waals surface area contributed by atoms with E-state index >= 15 is 0 Å². The first-order valence-electron chi connectivity index (χ1n) is 6.91. The van der Waals surface area contributed by atoms with Gasteiger partial charge in [-0.25, -0.2) is 13.1 Å². The smallest absolute Gasteiger partial charge is 0.241 e. The van der Waals surface area contributed by atoms with Crippen molar-refractivity contribution >= 4 is 10.0 Å². The topological polar surface area (TPSA) is 84.9 Å². The number of aliphatic hydroxyl groups is 1. The van der Waals surface area contributed by atoms with Crippen LogP contribution in [0.3, 0.4) is 0 Å². The van der Waals surface area contributed by atoms with E-state index in [1.54, 1.807) is 12.1 Å². The van der Waals surface area contributed by atoms with E-state index in [0.717, 1.165) is 12.8 Å². The molecule has 1 unspecified atom stereocenters. The van der Waals surface area contributed by atoms with Crippen LogP contribution in [0.4, 0.5) is 0 Å². The minimum Gasteiger partial charge on any atom is -0.491 e. The Balaban J connectivity index is 2.08. The van der Waals surface area contributed by atoms with Gasteiger partial charge in [-0.3, -0.25) is 0 Å². The summed E-state index contributed by atoms with van der Waals surface area (Å²) < 4.78 is 38.1. The Morgan fingerprint density at radius 1 is 1.38 bits per heavy atom. The van der Waals surface area contributed by atoms with Crippen molar-refractivity contribution in [1.82, 2.24) is 4.72 Å². The number of nitrogens with one attached hydrogen (secondary N) is 1. The molecule has 1 aromatic carbocycles. The number of sulfonamides is 1. The molecule has 2 rings (SSSR count).